The fourth-order valence-corrected chi connectivity index (χ4v) is 3.38. The molecule has 0 aliphatic rings. The van der Waals surface area contributed by atoms with Crippen molar-refractivity contribution in [2.45, 2.75) is 12.8 Å². The maximum absolute atomic E-state index is 13.1. The maximum Gasteiger partial charge on any atom is 0.189 e. The average molecular weight is 354 g/mol. The van der Waals surface area contributed by atoms with Crippen LogP contribution in [0.3, 0.4) is 0 Å². The van der Waals surface area contributed by atoms with Crippen molar-refractivity contribution in [1.29, 1.82) is 0 Å². The van der Waals surface area contributed by atoms with Gasteiger partial charge in [-0.15, -0.1) is 0 Å². The van der Waals surface area contributed by atoms with Crippen LogP contribution >= 0.6 is 0 Å². The Morgan fingerprint density at radius 2 is 1.15 bits per heavy atom. The number of hydrogen-bond donors (Lipinski definition) is 0. The van der Waals surface area contributed by atoms with Crippen LogP contribution in [0.2, 0.25) is 0 Å². The molecule has 2 nitrogen and oxygen atoms in total. The van der Waals surface area contributed by atoms with E-state index in [1.165, 1.54) is 0 Å². The smallest absolute Gasteiger partial charge is 0.189 e. The lowest BCUT2D eigenvalue weighted by Gasteiger charge is -2.25. The van der Waals surface area contributed by atoms with Gasteiger partial charge >= 0.3 is 0 Å². The largest absolute Gasteiger partial charge is 0.294 e. The number of carbonyl (C=O) groups is 2. The first-order valence-electron chi connectivity index (χ1n) is 9.02. The van der Waals surface area contributed by atoms with Gasteiger partial charge in [-0.2, -0.15) is 0 Å². The fraction of sp³-hybridized carbons (Fsp3) is 0.120. The van der Waals surface area contributed by atoms with Crippen LogP contribution in [0, 0.1) is 5.92 Å². The van der Waals surface area contributed by atoms with Gasteiger partial charge in [0, 0.05) is 28.5 Å². The summed E-state index contributed by atoms with van der Waals surface area (Å²) >= 11 is 0. The highest BCUT2D eigenvalue weighted by Gasteiger charge is 2.31. The maximum atomic E-state index is 13.1. The number of allylic oxidation sites excluding steroid dienone is 1. The Hall–Kier alpha value is -3.26. The number of carbonyl (C=O) groups excluding carboxylic acids is 2. The van der Waals surface area contributed by atoms with Gasteiger partial charge in [0.2, 0.25) is 0 Å². The molecule has 0 bridgehead atoms. The molecular formula is C25H22O2. The summed E-state index contributed by atoms with van der Waals surface area (Å²) in [6, 6.07) is 27.9. The molecule has 3 aromatic carbocycles. The summed E-state index contributed by atoms with van der Waals surface area (Å²) < 4.78 is 0. The van der Waals surface area contributed by atoms with Crippen molar-refractivity contribution < 1.29 is 9.59 Å². The Bertz CT molecular complexity index is 928. The first kappa shape index (κ1) is 18.5. The summed E-state index contributed by atoms with van der Waals surface area (Å²) in [6.07, 6.45) is 0. The van der Waals surface area contributed by atoms with E-state index in [2.05, 4.69) is 6.58 Å². The second kappa shape index (κ2) is 8.41. The lowest BCUT2D eigenvalue weighted by atomic mass is 9.76. The topological polar surface area (TPSA) is 34.1 Å². The molecule has 0 saturated heterocycles. The van der Waals surface area contributed by atoms with Gasteiger partial charge in [-0.05, 0) is 5.56 Å². The monoisotopic (exact) mass is 354 g/mol. The Kier molecular flexibility index (Phi) is 5.77. The Morgan fingerprint density at radius 3 is 1.67 bits per heavy atom. The number of benzene rings is 3. The SMILES string of the molecule is C=C(C(=O)c1ccccc1)[C@H](c1ccccc1)[C@H](C)C(=O)c1ccccc1. The van der Waals surface area contributed by atoms with Crippen molar-refractivity contribution in [3.05, 3.63) is 120 Å². The number of ketones is 2. The van der Waals surface area contributed by atoms with E-state index in [1.807, 2.05) is 85.8 Å². The number of Topliss-reactive ketones (excluding diaryl/α,β-unsaturated/α-hetero) is 2. The van der Waals surface area contributed by atoms with Crippen LogP contribution in [0.5, 0.6) is 0 Å². The zero-order valence-electron chi connectivity index (χ0n) is 15.3. The minimum absolute atomic E-state index is 0.00599. The van der Waals surface area contributed by atoms with Gasteiger partial charge in [0.1, 0.15) is 0 Å². The molecule has 0 aliphatic carbocycles. The highest BCUT2D eigenvalue weighted by molar-refractivity contribution is 6.10. The second-order valence-corrected chi connectivity index (χ2v) is 6.63. The first-order chi connectivity index (χ1) is 13.1. The minimum Gasteiger partial charge on any atom is -0.294 e. The van der Waals surface area contributed by atoms with Crippen molar-refractivity contribution in [2.24, 2.45) is 5.92 Å². The van der Waals surface area contributed by atoms with Gasteiger partial charge in [-0.25, -0.2) is 0 Å². The van der Waals surface area contributed by atoms with Crippen LogP contribution in [0.25, 0.3) is 0 Å². The summed E-state index contributed by atoms with van der Waals surface area (Å²) in [4.78, 5) is 26.1. The Morgan fingerprint density at radius 1 is 0.704 bits per heavy atom. The van der Waals surface area contributed by atoms with Gasteiger partial charge in [-0.1, -0.05) is 104 Å². The summed E-state index contributed by atoms with van der Waals surface area (Å²) in [5.41, 5.74) is 2.58. The zero-order chi connectivity index (χ0) is 19.2. The molecule has 0 saturated carbocycles. The molecule has 27 heavy (non-hydrogen) atoms. The molecule has 3 aromatic rings. The van der Waals surface area contributed by atoms with E-state index in [0.717, 1.165) is 5.56 Å². The van der Waals surface area contributed by atoms with E-state index in [9.17, 15) is 9.59 Å². The first-order valence-corrected chi connectivity index (χ1v) is 9.02. The molecule has 0 unspecified atom stereocenters. The number of rotatable bonds is 7. The molecule has 0 heterocycles. The summed E-state index contributed by atoms with van der Waals surface area (Å²) in [6.45, 7) is 5.97. The fourth-order valence-electron chi connectivity index (χ4n) is 3.38. The Labute approximate surface area is 160 Å². The van der Waals surface area contributed by atoms with Gasteiger partial charge < -0.3 is 0 Å². The molecular weight excluding hydrogens is 332 g/mol. The van der Waals surface area contributed by atoms with Gasteiger partial charge in [0.25, 0.3) is 0 Å². The van der Waals surface area contributed by atoms with E-state index >= 15 is 0 Å². The highest BCUT2D eigenvalue weighted by atomic mass is 16.1. The zero-order valence-corrected chi connectivity index (χ0v) is 15.3. The van der Waals surface area contributed by atoms with E-state index in [-0.39, 0.29) is 17.5 Å². The second-order valence-electron chi connectivity index (χ2n) is 6.63. The van der Waals surface area contributed by atoms with Crippen LogP contribution < -0.4 is 0 Å². The van der Waals surface area contributed by atoms with E-state index in [1.54, 1.807) is 12.1 Å². The summed E-state index contributed by atoms with van der Waals surface area (Å²) in [5.74, 6) is -0.912. The summed E-state index contributed by atoms with van der Waals surface area (Å²) in [5, 5.41) is 0. The van der Waals surface area contributed by atoms with Crippen molar-refractivity contribution in [3.63, 3.8) is 0 Å². The molecule has 134 valence electrons. The lowest BCUT2D eigenvalue weighted by Crippen LogP contribution is -2.24. The molecule has 0 fully saturated rings. The van der Waals surface area contributed by atoms with E-state index in [4.69, 9.17) is 0 Å². The van der Waals surface area contributed by atoms with Gasteiger partial charge in [-0.3, -0.25) is 9.59 Å². The molecule has 0 aliphatic heterocycles. The molecule has 0 aromatic heterocycles. The predicted octanol–water partition coefficient (Wildman–Crippen LogP) is 5.73. The van der Waals surface area contributed by atoms with Crippen molar-refractivity contribution in [1.82, 2.24) is 0 Å². The standard InChI is InChI=1S/C25H22O2/c1-18(24(26)21-14-8-4-9-15-21)23(20-12-6-3-7-13-20)19(2)25(27)22-16-10-5-11-17-22/h3-17,19,23H,1H2,2H3/t19-,23-/m0/s1. The highest BCUT2D eigenvalue weighted by Crippen LogP contribution is 2.35. The summed E-state index contributed by atoms with van der Waals surface area (Å²) in [7, 11) is 0. The quantitative estimate of drug-likeness (QED) is 0.401. The van der Waals surface area contributed by atoms with Crippen LogP contribution in [-0.4, -0.2) is 11.6 Å². The van der Waals surface area contributed by atoms with Crippen LogP contribution in [0.1, 0.15) is 39.1 Å². The molecule has 0 N–H and O–H groups in total. The van der Waals surface area contributed by atoms with Crippen LogP contribution in [0.4, 0.5) is 0 Å². The third-order valence-electron chi connectivity index (χ3n) is 4.83. The molecule has 3 rings (SSSR count). The van der Waals surface area contributed by atoms with Crippen LogP contribution in [-0.2, 0) is 0 Å². The van der Waals surface area contributed by atoms with E-state index in [0.29, 0.717) is 16.7 Å². The number of hydrogen-bond acceptors (Lipinski definition) is 2. The Balaban J connectivity index is 1.98. The van der Waals surface area contributed by atoms with E-state index < -0.39 is 5.92 Å². The van der Waals surface area contributed by atoms with Crippen molar-refractivity contribution in [3.8, 4) is 0 Å². The van der Waals surface area contributed by atoms with Crippen molar-refractivity contribution in [2.75, 3.05) is 0 Å². The van der Waals surface area contributed by atoms with Gasteiger partial charge in [0.15, 0.2) is 11.6 Å². The molecule has 2 atom stereocenters. The normalized spacial score (nSPS) is 12.8. The molecule has 0 amide bonds. The third kappa shape index (κ3) is 4.12. The molecule has 0 spiro atoms. The average Bonchev–Trinajstić information content (AvgIpc) is 2.74. The van der Waals surface area contributed by atoms with Crippen molar-refractivity contribution >= 4 is 11.6 Å². The molecule has 2 heteroatoms. The predicted molar refractivity (Wildman–Crippen MR) is 109 cm³/mol. The van der Waals surface area contributed by atoms with Crippen LogP contribution in [0.15, 0.2) is 103 Å². The van der Waals surface area contributed by atoms with Gasteiger partial charge in [0.05, 0.1) is 0 Å². The molecule has 0 radical (unpaired) electrons. The third-order valence-corrected chi connectivity index (χ3v) is 4.83. The lowest BCUT2D eigenvalue weighted by molar-refractivity contribution is 0.0913. The minimum atomic E-state index is -0.407.